The second kappa shape index (κ2) is 9.41. The summed E-state index contributed by atoms with van der Waals surface area (Å²) in [4.78, 5) is 28.5. The van der Waals surface area contributed by atoms with E-state index in [1.54, 1.807) is 0 Å². The minimum atomic E-state index is -0.785. The summed E-state index contributed by atoms with van der Waals surface area (Å²) in [7, 11) is -0.530. The molecule has 38 heavy (non-hydrogen) atoms. The van der Waals surface area contributed by atoms with E-state index in [0.717, 1.165) is 17.6 Å². The van der Waals surface area contributed by atoms with Crippen LogP contribution in [0.5, 0.6) is 0 Å². The van der Waals surface area contributed by atoms with Gasteiger partial charge in [-0.1, -0.05) is 58.0 Å². The van der Waals surface area contributed by atoms with Crippen molar-refractivity contribution in [3.05, 3.63) is 42.0 Å². The van der Waals surface area contributed by atoms with Gasteiger partial charge in [0.2, 0.25) is 5.91 Å². The average Bonchev–Trinajstić information content (AvgIpc) is 3.43. The molecule has 2 heterocycles. The summed E-state index contributed by atoms with van der Waals surface area (Å²) in [5, 5.41) is 3.21. The van der Waals surface area contributed by atoms with Crippen molar-refractivity contribution in [2.75, 3.05) is 6.54 Å². The molecule has 7 nitrogen and oxygen atoms in total. The van der Waals surface area contributed by atoms with Crippen molar-refractivity contribution in [3.63, 3.8) is 0 Å². The first kappa shape index (κ1) is 27.3. The fraction of sp³-hybridized carbons (Fsp3) is 0.667. The van der Waals surface area contributed by atoms with Crippen LogP contribution >= 0.6 is 0 Å². The van der Waals surface area contributed by atoms with Crippen LogP contribution in [0.15, 0.2) is 36.4 Å². The number of carbonyl (C=O) groups is 2. The molecule has 206 valence electrons. The smallest absolute Gasteiger partial charge is 0.444 e. The Morgan fingerprint density at radius 3 is 2.42 bits per heavy atom. The lowest BCUT2D eigenvalue weighted by molar-refractivity contribution is -0.199. The highest BCUT2D eigenvalue weighted by Gasteiger charge is 2.68. The van der Waals surface area contributed by atoms with Gasteiger partial charge in [-0.2, -0.15) is 0 Å². The molecule has 3 saturated carbocycles. The van der Waals surface area contributed by atoms with Crippen molar-refractivity contribution in [3.8, 4) is 0 Å². The first-order chi connectivity index (χ1) is 17.7. The molecule has 1 saturated heterocycles. The maximum Gasteiger partial charge on any atom is 0.481 e. The molecular formula is C30H43BN2O5. The molecular weight excluding hydrogens is 479 g/mol. The van der Waals surface area contributed by atoms with Crippen molar-refractivity contribution in [1.82, 2.24) is 10.2 Å². The lowest BCUT2D eigenvalue weighted by Crippen LogP contribution is -2.65. The Morgan fingerprint density at radius 1 is 1.13 bits per heavy atom. The summed E-state index contributed by atoms with van der Waals surface area (Å²) >= 11 is 0. The standard InChI is InChI=1S/C30H43BN2O5/c1-18(2)25(31-37-24-16-21-15-23(29(21,6)7)30(24,8)38-31)32-26(34)22-14-20(19-12-10-9-11-13-19)17-33(22)27(35)36-28(3,4)5/h9-14,18,21-25H,15-17H2,1-8H3,(H,32,34)/t21?,22?,23-,24+,25-,30-/m0/s1. The van der Waals surface area contributed by atoms with Crippen molar-refractivity contribution in [1.29, 1.82) is 0 Å². The Bertz CT molecular complexity index is 1110. The van der Waals surface area contributed by atoms with E-state index in [0.29, 0.717) is 18.4 Å². The van der Waals surface area contributed by atoms with E-state index in [1.165, 1.54) is 11.3 Å². The highest BCUT2D eigenvalue weighted by atomic mass is 16.7. The molecule has 2 bridgehead atoms. The number of hydrogen-bond acceptors (Lipinski definition) is 5. The van der Waals surface area contributed by atoms with Crippen LogP contribution in [-0.2, 0) is 18.8 Å². The van der Waals surface area contributed by atoms with Gasteiger partial charge in [0.25, 0.3) is 0 Å². The number of ether oxygens (including phenoxy) is 1. The van der Waals surface area contributed by atoms with Crippen molar-refractivity contribution < 1.29 is 23.6 Å². The van der Waals surface area contributed by atoms with E-state index in [9.17, 15) is 9.59 Å². The molecule has 2 aliphatic heterocycles. The number of nitrogens with zero attached hydrogens (tertiary/aromatic N) is 1. The lowest BCUT2D eigenvalue weighted by atomic mass is 9.43. The van der Waals surface area contributed by atoms with E-state index in [-0.39, 0.29) is 34.9 Å². The molecule has 0 spiro atoms. The van der Waals surface area contributed by atoms with Crippen molar-refractivity contribution >= 4 is 24.7 Å². The third kappa shape index (κ3) is 4.68. The molecule has 5 aliphatic rings. The van der Waals surface area contributed by atoms with E-state index < -0.39 is 24.9 Å². The topological polar surface area (TPSA) is 77.1 Å². The zero-order valence-corrected chi connectivity index (χ0v) is 24.1. The Hall–Kier alpha value is -2.32. The highest BCUT2D eigenvalue weighted by molar-refractivity contribution is 6.48. The molecule has 8 heteroatoms. The van der Waals surface area contributed by atoms with Gasteiger partial charge < -0.3 is 19.4 Å². The summed E-state index contributed by atoms with van der Waals surface area (Å²) in [5.74, 6) is 0.575. The molecule has 0 aromatic heterocycles. The van der Waals surface area contributed by atoms with E-state index >= 15 is 0 Å². The number of benzene rings is 1. The van der Waals surface area contributed by atoms with Gasteiger partial charge in [-0.05, 0) is 80.9 Å². The summed E-state index contributed by atoms with van der Waals surface area (Å²) in [6.07, 6.45) is 3.58. The van der Waals surface area contributed by atoms with Gasteiger partial charge in [0.15, 0.2) is 0 Å². The zero-order chi connectivity index (χ0) is 27.6. The summed E-state index contributed by atoms with van der Waals surface area (Å²) in [5.41, 5.74) is 1.14. The number of nitrogens with one attached hydrogen (secondary N) is 1. The molecule has 6 rings (SSSR count). The van der Waals surface area contributed by atoms with E-state index in [4.69, 9.17) is 14.0 Å². The Balaban J connectivity index is 1.36. The van der Waals surface area contributed by atoms with Gasteiger partial charge in [-0.3, -0.25) is 9.69 Å². The van der Waals surface area contributed by atoms with Crippen LogP contribution < -0.4 is 5.32 Å². The predicted molar refractivity (Wildman–Crippen MR) is 148 cm³/mol. The molecule has 1 aromatic rings. The van der Waals surface area contributed by atoms with Gasteiger partial charge in [0, 0.05) is 0 Å². The number of amides is 2. The largest absolute Gasteiger partial charge is 0.481 e. The second-order valence-corrected chi connectivity index (χ2v) is 13.7. The van der Waals surface area contributed by atoms with Gasteiger partial charge in [0.05, 0.1) is 24.2 Å². The number of rotatable bonds is 5. The highest BCUT2D eigenvalue weighted by Crippen LogP contribution is 2.65. The second-order valence-electron chi connectivity index (χ2n) is 13.7. The minimum absolute atomic E-state index is 0.0387. The van der Waals surface area contributed by atoms with Crippen LogP contribution in [0.1, 0.15) is 73.8 Å². The maximum atomic E-state index is 13.8. The van der Waals surface area contributed by atoms with Crippen molar-refractivity contribution in [2.24, 2.45) is 23.2 Å². The molecule has 2 amide bonds. The number of hydrogen-bond donors (Lipinski definition) is 1. The van der Waals surface area contributed by atoms with Gasteiger partial charge in [0.1, 0.15) is 11.6 Å². The van der Waals surface area contributed by atoms with E-state index in [1.807, 2.05) is 57.2 Å². The fourth-order valence-electron chi connectivity index (χ4n) is 7.02. The molecule has 6 atom stereocenters. The average molecular weight is 522 g/mol. The third-order valence-corrected chi connectivity index (χ3v) is 9.37. The molecule has 2 unspecified atom stereocenters. The fourth-order valence-corrected chi connectivity index (χ4v) is 7.02. The summed E-state index contributed by atoms with van der Waals surface area (Å²) in [6.45, 7) is 16.8. The van der Waals surface area contributed by atoms with Gasteiger partial charge in [-0.15, -0.1) is 0 Å². The van der Waals surface area contributed by atoms with Crippen LogP contribution in [0.25, 0.3) is 5.57 Å². The Morgan fingerprint density at radius 2 is 1.82 bits per heavy atom. The van der Waals surface area contributed by atoms with E-state index in [2.05, 4.69) is 39.9 Å². The van der Waals surface area contributed by atoms with Crippen molar-refractivity contribution in [2.45, 2.75) is 97.5 Å². The maximum absolute atomic E-state index is 13.8. The van der Waals surface area contributed by atoms with Crippen LogP contribution in [0.4, 0.5) is 4.79 Å². The third-order valence-electron chi connectivity index (χ3n) is 9.37. The van der Waals surface area contributed by atoms with Crippen LogP contribution in [0.2, 0.25) is 0 Å². The first-order valence-corrected chi connectivity index (χ1v) is 14.1. The SMILES string of the molecule is CC(C)[C@H](NC(=O)C1C=C(c2ccccc2)CN1C(=O)OC(C)(C)C)B1O[C@@H]2CC3C[C@@H](C3(C)C)[C@]2(C)O1. The van der Waals surface area contributed by atoms with Crippen LogP contribution in [-0.4, -0.2) is 59.9 Å². The molecule has 0 radical (unpaired) electrons. The minimum Gasteiger partial charge on any atom is -0.444 e. The molecule has 1 aromatic carbocycles. The normalized spacial score (nSPS) is 32.4. The van der Waals surface area contributed by atoms with Gasteiger partial charge in [-0.25, -0.2) is 4.79 Å². The monoisotopic (exact) mass is 522 g/mol. The quantitative estimate of drug-likeness (QED) is 0.545. The molecule has 1 N–H and O–H groups in total. The Labute approximate surface area is 227 Å². The van der Waals surface area contributed by atoms with Gasteiger partial charge >= 0.3 is 13.2 Å². The zero-order valence-electron chi connectivity index (χ0n) is 24.1. The number of carbonyl (C=O) groups excluding carboxylic acids is 2. The molecule has 3 aliphatic carbocycles. The van der Waals surface area contributed by atoms with Crippen LogP contribution in [0, 0.1) is 23.2 Å². The summed E-state index contributed by atoms with van der Waals surface area (Å²) < 4.78 is 18.9. The Kier molecular flexibility index (Phi) is 6.75. The molecule has 4 fully saturated rings. The summed E-state index contributed by atoms with van der Waals surface area (Å²) in [6, 6.07) is 9.06. The lowest BCUT2D eigenvalue weighted by Gasteiger charge is -2.64. The first-order valence-electron chi connectivity index (χ1n) is 14.1. The predicted octanol–water partition coefficient (Wildman–Crippen LogP) is 5.10. The van der Waals surface area contributed by atoms with Crippen LogP contribution in [0.3, 0.4) is 0 Å².